The van der Waals surface area contributed by atoms with Gasteiger partial charge >= 0.3 is 0 Å². The second kappa shape index (κ2) is 8.16. The highest BCUT2D eigenvalue weighted by Gasteiger charge is 2.47. The molecule has 154 valence electrons. The molecule has 0 aromatic heterocycles. The number of halogens is 1. The quantitative estimate of drug-likeness (QED) is 0.187. The maximum absolute atomic E-state index is 13.0. The summed E-state index contributed by atoms with van der Waals surface area (Å²) in [7, 11) is 0. The SMILES string of the molecule is O=C1C(=O)N(c2cccc(Br)c2)C(c2cccc([N+](=O)[O-])c2)C1=C(O)c1ccccc1. The predicted octanol–water partition coefficient (Wildman–Crippen LogP) is 4.98. The molecule has 1 unspecified atom stereocenters. The van der Waals surface area contributed by atoms with Gasteiger partial charge in [0.2, 0.25) is 0 Å². The number of nitro benzene ring substituents is 1. The number of carbonyl (C=O) groups excluding carboxylic acids is 2. The molecule has 1 aliphatic rings. The summed E-state index contributed by atoms with van der Waals surface area (Å²) in [5.41, 5.74) is 0.810. The zero-order valence-corrected chi connectivity index (χ0v) is 17.5. The van der Waals surface area contributed by atoms with E-state index in [2.05, 4.69) is 15.9 Å². The normalized spacial score (nSPS) is 17.7. The number of aliphatic hydroxyl groups excluding tert-OH is 1. The summed E-state index contributed by atoms with van der Waals surface area (Å²) in [6.07, 6.45) is 0. The van der Waals surface area contributed by atoms with Crippen LogP contribution >= 0.6 is 15.9 Å². The van der Waals surface area contributed by atoms with Crippen molar-refractivity contribution in [3.63, 3.8) is 0 Å². The van der Waals surface area contributed by atoms with Crippen LogP contribution in [-0.2, 0) is 9.59 Å². The minimum atomic E-state index is -1.03. The minimum absolute atomic E-state index is 0.128. The number of ketones is 1. The maximum atomic E-state index is 13.0. The average molecular weight is 479 g/mol. The van der Waals surface area contributed by atoms with Gasteiger partial charge < -0.3 is 5.11 Å². The number of amides is 1. The van der Waals surface area contributed by atoms with Crippen molar-refractivity contribution in [1.29, 1.82) is 0 Å². The van der Waals surface area contributed by atoms with Gasteiger partial charge in [0.15, 0.2) is 0 Å². The predicted molar refractivity (Wildman–Crippen MR) is 118 cm³/mol. The van der Waals surface area contributed by atoms with Gasteiger partial charge in [0.1, 0.15) is 5.76 Å². The first-order chi connectivity index (χ1) is 14.9. The lowest BCUT2D eigenvalue weighted by molar-refractivity contribution is -0.384. The lowest BCUT2D eigenvalue weighted by Crippen LogP contribution is -2.29. The number of nitro groups is 1. The van der Waals surface area contributed by atoms with Gasteiger partial charge in [0, 0.05) is 27.9 Å². The van der Waals surface area contributed by atoms with E-state index < -0.39 is 22.7 Å². The molecular formula is C23H15BrN2O5. The average Bonchev–Trinajstić information content (AvgIpc) is 3.04. The fourth-order valence-corrected chi connectivity index (χ4v) is 3.99. The van der Waals surface area contributed by atoms with Crippen molar-refractivity contribution in [1.82, 2.24) is 0 Å². The fourth-order valence-electron chi connectivity index (χ4n) is 3.60. The lowest BCUT2D eigenvalue weighted by atomic mass is 9.95. The number of aliphatic hydroxyl groups is 1. The van der Waals surface area contributed by atoms with Crippen LogP contribution in [0.5, 0.6) is 0 Å². The van der Waals surface area contributed by atoms with E-state index in [0.717, 1.165) is 0 Å². The summed E-state index contributed by atoms with van der Waals surface area (Å²) in [4.78, 5) is 38.1. The molecular weight excluding hydrogens is 464 g/mol. The molecule has 1 saturated heterocycles. The summed E-state index contributed by atoms with van der Waals surface area (Å²) in [6, 6.07) is 19.9. The van der Waals surface area contributed by atoms with E-state index in [0.29, 0.717) is 21.3 Å². The second-order valence-corrected chi connectivity index (χ2v) is 7.78. The fraction of sp³-hybridized carbons (Fsp3) is 0.0435. The largest absolute Gasteiger partial charge is 0.507 e. The molecule has 1 fully saturated rings. The lowest BCUT2D eigenvalue weighted by Gasteiger charge is -2.25. The van der Waals surface area contributed by atoms with Gasteiger partial charge in [0.05, 0.1) is 16.5 Å². The Morgan fingerprint density at radius 2 is 1.68 bits per heavy atom. The molecule has 0 aliphatic carbocycles. The highest BCUT2D eigenvalue weighted by molar-refractivity contribution is 9.10. The molecule has 0 radical (unpaired) electrons. The van der Waals surface area contributed by atoms with E-state index in [1.54, 1.807) is 60.7 Å². The molecule has 8 heteroatoms. The Morgan fingerprint density at radius 3 is 2.35 bits per heavy atom. The van der Waals surface area contributed by atoms with Crippen LogP contribution in [0.4, 0.5) is 11.4 Å². The molecule has 7 nitrogen and oxygen atoms in total. The first kappa shape index (κ1) is 20.5. The molecule has 4 rings (SSSR count). The number of carbonyl (C=O) groups is 2. The number of non-ortho nitro benzene ring substituents is 1. The van der Waals surface area contributed by atoms with Crippen LogP contribution in [0.3, 0.4) is 0 Å². The van der Waals surface area contributed by atoms with Crippen LogP contribution < -0.4 is 4.90 Å². The number of Topliss-reactive ketones (excluding diaryl/α,β-unsaturated/α-hetero) is 1. The van der Waals surface area contributed by atoms with Crippen molar-refractivity contribution < 1.29 is 19.6 Å². The van der Waals surface area contributed by atoms with E-state index in [9.17, 15) is 24.8 Å². The standard InChI is InChI=1S/C23H15BrN2O5/c24-16-9-5-10-17(13-16)25-20(15-8-4-11-18(12-15)26(30)31)19(22(28)23(25)29)21(27)14-6-2-1-3-7-14/h1-13,20,27H. The molecule has 0 bridgehead atoms. The van der Waals surface area contributed by atoms with Gasteiger partial charge in [-0.3, -0.25) is 24.6 Å². The number of rotatable bonds is 4. The molecule has 31 heavy (non-hydrogen) atoms. The third-order valence-electron chi connectivity index (χ3n) is 4.97. The van der Waals surface area contributed by atoms with Crippen molar-refractivity contribution in [2.24, 2.45) is 0 Å². The summed E-state index contributed by atoms with van der Waals surface area (Å²) >= 11 is 3.36. The van der Waals surface area contributed by atoms with Gasteiger partial charge in [-0.05, 0) is 23.8 Å². The zero-order valence-electron chi connectivity index (χ0n) is 15.9. The number of nitrogens with zero attached hydrogens (tertiary/aromatic N) is 2. The Kier molecular flexibility index (Phi) is 5.39. The topological polar surface area (TPSA) is 101 Å². The highest BCUT2D eigenvalue weighted by Crippen LogP contribution is 2.43. The van der Waals surface area contributed by atoms with Gasteiger partial charge in [0.25, 0.3) is 17.4 Å². The number of hydrogen-bond acceptors (Lipinski definition) is 5. The molecule has 1 atom stereocenters. The number of anilines is 1. The Labute approximate surface area is 185 Å². The number of benzene rings is 3. The first-order valence-corrected chi connectivity index (χ1v) is 10.0. The summed E-state index contributed by atoms with van der Waals surface area (Å²) in [5.74, 6) is -2.03. The molecule has 0 saturated carbocycles. The second-order valence-electron chi connectivity index (χ2n) is 6.87. The van der Waals surface area contributed by atoms with Crippen molar-refractivity contribution in [2.75, 3.05) is 4.90 Å². The van der Waals surface area contributed by atoms with Gasteiger partial charge in [-0.2, -0.15) is 0 Å². The Morgan fingerprint density at radius 1 is 0.968 bits per heavy atom. The number of hydrogen-bond donors (Lipinski definition) is 1. The molecule has 3 aromatic carbocycles. The zero-order chi connectivity index (χ0) is 22.1. The molecule has 1 N–H and O–H groups in total. The smallest absolute Gasteiger partial charge is 0.300 e. The minimum Gasteiger partial charge on any atom is -0.507 e. The van der Waals surface area contributed by atoms with Crippen molar-refractivity contribution >= 4 is 44.8 Å². The van der Waals surface area contributed by atoms with Gasteiger partial charge in [-0.15, -0.1) is 0 Å². The van der Waals surface area contributed by atoms with Crippen molar-refractivity contribution in [3.05, 3.63) is 110 Å². The van der Waals surface area contributed by atoms with Crippen LogP contribution in [0.25, 0.3) is 5.76 Å². The van der Waals surface area contributed by atoms with Gasteiger partial charge in [-0.25, -0.2) is 0 Å². The monoisotopic (exact) mass is 478 g/mol. The Hall–Kier alpha value is -3.78. The van der Waals surface area contributed by atoms with Crippen LogP contribution in [0.2, 0.25) is 0 Å². The van der Waals surface area contributed by atoms with Gasteiger partial charge in [-0.1, -0.05) is 64.5 Å². The third kappa shape index (κ3) is 3.73. The molecule has 0 spiro atoms. The summed E-state index contributed by atoms with van der Waals surface area (Å²) < 4.78 is 0.688. The Balaban J connectivity index is 1.98. The van der Waals surface area contributed by atoms with E-state index in [1.165, 1.54) is 23.1 Å². The van der Waals surface area contributed by atoms with Crippen LogP contribution in [0.1, 0.15) is 17.2 Å². The first-order valence-electron chi connectivity index (χ1n) is 9.25. The molecule has 1 heterocycles. The van der Waals surface area contributed by atoms with Crippen molar-refractivity contribution in [3.8, 4) is 0 Å². The van der Waals surface area contributed by atoms with Crippen LogP contribution in [-0.4, -0.2) is 21.7 Å². The van der Waals surface area contributed by atoms with Crippen molar-refractivity contribution in [2.45, 2.75) is 6.04 Å². The summed E-state index contributed by atoms with van der Waals surface area (Å²) in [6.45, 7) is 0. The maximum Gasteiger partial charge on any atom is 0.300 e. The molecule has 3 aromatic rings. The van der Waals surface area contributed by atoms with E-state index in [-0.39, 0.29) is 17.0 Å². The van der Waals surface area contributed by atoms with E-state index >= 15 is 0 Å². The molecule has 1 amide bonds. The van der Waals surface area contributed by atoms with Crippen LogP contribution in [0, 0.1) is 10.1 Å². The van der Waals surface area contributed by atoms with E-state index in [4.69, 9.17) is 0 Å². The highest BCUT2D eigenvalue weighted by atomic mass is 79.9. The Bertz CT molecular complexity index is 1240. The molecule has 1 aliphatic heterocycles. The van der Waals surface area contributed by atoms with E-state index in [1.807, 2.05) is 0 Å². The summed E-state index contributed by atoms with van der Waals surface area (Å²) in [5, 5.41) is 22.3. The third-order valence-corrected chi connectivity index (χ3v) is 5.47. The van der Waals surface area contributed by atoms with Crippen LogP contribution in [0.15, 0.2) is 88.9 Å².